The number of nitrogens with zero attached hydrogens (tertiary/aromatic N) is 4. The summed E-state index contributed by atoms with van der Waals surface area (Å²) in [5.74, 6) is 0.691. The van der Waals surface area contributed by atoms with E-state index in [2.05, 4.69) is 10.1 Å². The molecule has 1 aliphatic heterocycles. The Labute approximate surface area is 123 Å². The Hall–Kier alpha value is -2.21. The van der Waals surface area contributed by atoms with Gasteiger partial charge in [-0.25, -0.2) is 9.67 Å². The minimum Gasteiger partial charge on any atom is -0.372 e. The molecule has 3 heterocycles. The van der Waals surface area contributed by atoms with Crippen LogP contribution in [0.4, 0.5) is 0 Å². The minimum atomic E-state index is -0.00323. The van der Waals surface area contributed by atoms with Gasteiger partial charge in [0.1, 0.15) is 0 Å². The van der Waals surface area contributed by atoms with E-state index in [1.165, 1.54) is 0 Å². The van der Waals surface area contributed by atoms with Gasteiger partial charge in [-0.05, 0) is 32.0 Å². The molecule has 6 heteroatoms. The summed E-state index contributed by atoms with van der Waals surface area (Å²) in [5.41, 5.74) is 0.590. The summed E-state index contributed by atoms with van der Waals surface area (Å²) >= 11 is 0. The third-order valence-electron chi connectivity index (χ3n) is 3.44. The number of pyridine rings is 1. The third-order valence-corrected chi connectivity index (χ3v) is 3.44. The second kappa shape index (κ2) is 5.65. The van der Waals surface area contributed by atoms with Crippen molar-refractivity contribution in [2.45, 2.75) is 26.1 Å². The van der Waals surface area contributed by atoms with Gasteiger partial charge in [-0.2, -0.15) is 5.10 Å². The highest BCUT2D eigenvalue weighted by Gasteiger charge is 2.26. The lowest BCUT2D eigenvalue weighted by atomic mass is 10.2. The van der Waals surface area contributed by atoms with Gasteiger partial charge in [0.15, 0.2) is 5.82 Å². The van der Waals surface area contributed by atoms with Crippen LogP contribution >= 0.6 is 0 Å². The monoisotopic (exact) mass is 286 g/mol. The smallest absolute Gasteiger partial charge is 0.255 e. The summed E-state index contributed by atoms with van der Waals surface area (Å²) in [7, 11) is 0. The van der Waals surface area contributed by atoms with Crippen LogP contribution in [0.25, 0.3) is 5.82 Å². The number of morpholine rings is 1. The molecule has 1 amide bonds. The summed E-state index contributed by atoms with van der Waals surface area (Å²) in [5, 5.41) is 4.11. The predicted molar refractivity (Wildman–Crippen MR) is 77.3 cm³/mol. The molecule has 2 unspecified atom stereocenters. The standard InChI is InChI=1S/C15H18N4O2/c1-11-9-18(10-12(2)21-11)15(20)13-4-5-14(16-8-13)19-7-3-6-17-19/h3-8,11-12H,9-10H2,1-2H3. The number of amides is 1. The molecule has 1 saturated heterocycles. The molecule has 1 aliphatic rings. The molecular weight excluding hydrogens is 268 g/mol. The Morgan fingerprint density at radius 1 is 1.29 bits per heavy atom. The second-order valence-electron chi connectivity index (χ2n) is 5.32. The maximum absolute atomic E-state index is 12.5. The van der Waals surface area contributed by atoms with Crippen molar-refractivity contribution in [3.05, 3.63) is 42.4 Å². The number of hydrogen-bond acceptors (Lipinski definition) is 4. The average molecular weight is 286 g/mol. The highest BCUT2D eigenvalue weighted by Crippen LogP contribution is 2.14. The normalized spacial score (nSPS) is 22.3. The van der Waals surface area contributed by atoms with E-state index in [1.807, 2.05) is 31.0 Å². The molecule has 2 aromatic rings. The zero-order valence-corrected chi connectivity index (χ0v) is 12.1. The maximum Gasteiger partial charge on any atom is 0.255 e. The van der Waals surface area contributed by atoms with Gasteiger partial charge in [0.2, 0.25) is 0 Å². The van der Waals surface area contributed by atoms with E-state index in [9.17, 15) is 4.79 Å². The Balaban J connectivity index is 1.76. The highest BCUT2D eigenvalue weighted by molar-refractivity contribution is 5.94. The average Bonchev–Trinajstić information content (AvgIpc) is 3.00. The molecule has 21 heavy (non-hydrogen) atoms. The predicted octanol–water partition coefficient (Wildman–Crippen LogP) is 1.52. The summed E-state index contributed by atoms with van der Waals surface area (Å²) in [6.45, 7) is 5.19. The van der Waals surface area contributed by atoms with Crippen LogP contribution in [-0.4, -0.2) is 50.9 Å². The summed E-state index contributed by atoms with van der Waals surface area (Å²) in [6, 6.07) is 5.42. The number of rotatable bonds is 2. The number of aromatic nitrogens is 3. The van der Waals surface area contributed by atoms with Gasteiger partial charge in [0, 0.05) is 31.7 Å². The molecule has 0 N–H and O–H groups in total. The lowest BCUT2D eigenvalue weighted by Gasteiger charge is -2.35. The van der Waals surface area contributed by atoms with Crippen LogP contribution in [0.5, 0.6) is 0 Å². The molecule has 0 saturated carbocycles. The van der Waals surface area contributed by atoms with Crippen LogP contribution in [-0.2, 0) is 4.74 Å². The Kier molecular flexibility index (Phi) is 3.70. The molecule has 1 fully saturated rings. The summed E-state index contributed by atoms with van der Waals surface area (Å²) in [6.07, 6.45) is 5.24. The SMILES string of the molecule is CC1CN(C(=O)c2ccc(-n3cccn3)nc2)CC(C)O1. The van der Waals surface area contributed by atoms with Gasteiger partial charge < -0.3 is 9.64 Å². The van der Waals surface area contributed by atoms with E-state index in [1.54, 1.807) is 29.2 Å². The van der Waals surface area contributed by atoms with Gasteiger partial charge in [-0.15, -0.1) is 0 Å². The van der Waals surface area contributed by atoms with Crippen molar-refractivity contribution in [2.24, 2.45) is 0 Å². The fourth-order valence-electron chi connectivity index (χ4n) is 2.58. The minimum absolute atomic E-state index is 0.00323. The van der Waals surface area contributed by atoms with E-state index < -0.39 is 0 Å². The molecule has 110 valence electrons. The second-order valence-corrected chi connectivity index (χ2v) is 5.32. The molecule has 3 rings (SSSR count). The van der Waals surface area contributed by atoms with Crippen molar-refractivity contribution in [1.29, 1.82) is 0 Å². The van der Waals surface area contributed by atoms with E-state index in [-0.39, 0.29) is 18.1 Å². The lowest BCUT2D eigenvalue weighted by molar-refractivity contribution is -0.0586. The van der Waals surface area contributed by atoms with Crippen LogP contribution in [0.1, 0.15) is 24.2 Å². The van der Waals surface area contributed by atoms with Crippen molar-refractivity contribution >= 4 is 5.91 Å². The number of hydrogen-bond donors (Lipinski definition) is 0. The number of carbonyl (C=O) groups excluding carboxylic acids is 1. The van der Waals surface area contributed by atoms with Gasteiger partial charge in [-0.1, -0.05) is 0 Å². The van der Waals surface area contributed by atoms with Gasteiger partial charge in [0.05, 0.1) is 17.8 Å². The Morgan fingerprint density at radius 3 is 2.62 bits per heavy atom. The van der Waals surface area contributed by atoms with Crippen molar-refractivity contribution < 1.29 is 9.53 Å². The molecule has 0 aromatic carbocycles. The van der Waals surface area contributed by atoms with E-state index in [0.717, 1.165) is 0 Å². The first-order valence-electron chi connectivity index (χ1n) is 7.04. The Morgan fingerprint density at radius 2 is 2.05 bits per heavy atom. The molecule has 2 aromatic heterocycles. The molecule has 2 atom stereocenters. The van der Waals surface area contributed by atoms with Crippen LogP contribution in [0.3, 0.4) is 0 Å². The number of ether oxygens (including phenoxy) is 1. The van der Waals surface area contributed by atoms with Crippen molar-refractivity contribution in [1.82, 2.24) is 19.7 Å². The zero-order valence-electron chi connectivity index (χ0n) is 12.1. The largest absolute Gasteiger partial charge is 0.372 e. The van der Waals surface area contributed by atoms with Crippen LogP contribution in [0.15, 0.2) is 36.8 Å². The quantitative estimate of drug-likeness (QED) is 0.839. The van der Waals surface area contributed by atoms with Gasteiger partial charge in [0.25, 0.3) is 5.91 Å². The Bertz CT molecular complexity index is 599. The number of carbonyl (C=O) groups is 1. The van der Waals surface area contributed by atoms with Gasteiger partial charge >= 0.3 is 0 Å². The fraction of sp³-hybridized carbons (Fsp3) is 0.400. The van der Waals surface area contributed by atoms with Crippen molar-refractivity contribution in [3.8, 4) is 5.82 Å². The summed E-state index contributed by atoms with van der Waals surface area (Å²) < 4.78 is 7.31. The lowest BCUT2D eigenvalue weighted by Crippen LogP contribution is -2.48. The maximum atomic E-state index is 12.5. The van der Waals surface area contributed by atoms with Crippen molar-refractivity contribution in [2.75, 3.05) is 13.1 Å². The molecule has 0 aliphatic carbocycles. The molecular formula is C15H18N4O2. The van der Waals surface area contributed by atoms with E-state index in [4.69, 9.17) is 4.74 Å². The molecule has 0 spiro atoms. The van der Waals surface area contributed by atoms with Crippen molar-refractivity contribution in [3.63, 3.8) is 0 Å². The first kappa shape index (κ1) is 13.8. The van der Waals surface area contributed by atoms with E-state index in [0.29, 0.717) is 24.5 Å². The van der Waals surface area contributed by atoms with Crippen LogP contribution < -0.4 is 0 Å². The molecule has 0 radical (unpaired) electrons. The molecule has 0 bridgehead atoms. The highest BCUT2D eigenvalue weighted by atomic mass is 16.5. The van der Waals surface area contributed by atoms with Gasteiger partial charge in [-0.3, -0.25) is 4.79 Å². The zero-order chi connectivity index (χ0) is 14.8. The van der Waals surface area contributed by atoms with E-state index >= 15 is 0 Å². The first-order valence-corrected chi connectivity index (χ1v) is 7.04. The molecule has 6 nitrogen and oxygen atoms in total. The first-order chi connectivity index (χ1) is 10.1. The third kappa shape index (κ3) is 2.95. The van der Waals surface area contributed by atoms with Crippen LogP contribution in [0.2, 0.25) is 0 Å². The fourth-order valence-corrected chi connectivity index (χ4v) is 2.58. The summed E-state index contributed by atoms with van der Waals surface area (Å²) in [4.78, 5) is 18.6. The van der Waals surface area contributed by atoms with Crippen LogP contribution in [0, 0.1) is 0 Å². The topological polar surface area (TPSA) is 60.2 Å².